The molecule has 30 heavy (non-hydrogen) atoms. The predicted octanol–water partition coefficient (Wildman–Crippen LogP) is 7.88. The van der Waals surface area contributed by atoms with Crippen molar-refractivity contribution in [2.45, 2.75) is 96.3 Å². The highest BCUT2D eigenvalue weighted by atomic mass is 16.4. The van der Waals surface area contributed by atoms with Crippen molar-refractivity contribution in [3.05, 3.63) is 54.2 Å². The van der Waals surface area contributed by atoms with Crippen LogP contribution in [-0.4, -0.2) is 16.1 Å². The summed E-state index contributed by atoms with van der Waals surface area (Å²) in [4.78, 5) is 15.0. The lowest BCUT2D eigenvalue weighted by Crippen LogP contribution is -1.93. The first-order valence-corrected chi connectivity index (χ1v) is 12.0. The number of carboxylic acids is 1. The Bertz CT molecular complexity index is 748. The summed E-state index contributed by atoms with van der Waals surface area (Å²) in [5.41, 5.74) is 2.56. The summed E-state index contributed by atoms with van der Waals surface area (Å²) in [7, 11) is 0. The van der Waals surface area contributed by atoms with E-state index < -0.39 is 5.97 Å². The number of nitrogens with zero attached hydrogens (tertiary/aromatic N) is 1. The molecule has 3 nitrogen and oxygen atoms in total. The molecule has 0 bridgehead atoms. The molecule has 0 unspecified atom stereocenters. The molecule has 0 aliphatic heterocycles. The van der Waals surface area contributed by atoms with Crippen molar-refractivity contribution in [3.8, 4) is 0 Å². The number of allylic oxidation sites excluding steroid dienone is 2. The Labute approximate surface area is 182 Å². The van der Waals surface area contributed by atoms with Crippen molar-refractivity contribution in [2.75, 3.05) is 0 Å². The maximum absolute atomic E-state index is 10.4. The van der Waals surface area contributed by atoms with Gasteiger partial charge in [0.2, 0.25) is 0 Å². The van der Waals surface area contributed by atoms with Gasteiger partial charge in [0.05, 0.1) is 5.52 Å². The normalized spacial score (nSPS) is 11.5. The van der Waals surface area contributed by atoms with Crippen LogP contribution in [0, 0.1) is 0 Å². The average molecular weight is 410 g/mol. The summed E-state index contributed by atoms with van der Waals surface area (Å²) < 4.78 is 0. The molecule has 1 aromatic carbocycles. The van der Waals surface area contributed by atoms with E-state index in [1.54, 1.807) is 0 Å². The maximum Gasteiger partial charge on any atom is 0.303 e. The van der Waals surface area contributed by atoms with Crippen LogP contribution in [0.5, 0.6) is 0 Å². The lowest BCUT2D eigenvalue weighted by Gasteiger charge is -2.05. The average Bonchev–Trinajstić information content (AvgIpc) is 2.75. The van der Waals surface area contributed by atoms with Crippen LogP contribution >= 0.6 is 0 Å². The second kappa shape index (κ2) is 15.6. The van der Waals surface area contributed by atoms with Gasteiger partial charge < -0.3 is 5.11 Å². The second-order valence-electron chi connectivity index (χ2n) is 8.32. The standard InChI is InChI=1S/C27H39NO2/c29-26(30)22-15-13-11-9-7-5-3-1-2-4-6-8-10-12-14-18-24-19-16-20-25-21-17-23-28-27(24)25/h1,3,16-17,19-21,23H,2,4-15,18,22H2,(H,29,30). The minimum atomic E-state index is -0.670. The fraction of sp³-hybridized carbons (Fsp3) is 0.556. The van der Waals surface area contributed by atoms with Gasteiger partial charge in [0.15, 0.2) is 0 Å². The third-order valence-electron chi connectivity index (χ3n) is 5.71. The molecule has 1 aromatic heterocycles. The number of benzene rings is 1. The topological polar surface area (TPSA) is 50.2 Å². The molecule has 1 N–H and O–H groups in total. The van der Waals surface area contributed by atoms with Crippen molar-refractivity contribution in [3.63, 3.8) is 0 Å². The van der Waals surface area contributed by atoms with Gasteiger partial charge in [-0.3, -0.25) is 9.78 Å². The number of rotatable bonds is 17. The lowest BCUT2D eigenvalue weighted by atomic mass is 10.0. The number of aryl methyl sites for hydroxylation is 1. The van der Waals surface area contributed by atoms with Crippen LogP contribution in [0.4, 0.5) is 0 Å². The zero-order chi connectivity index (χ0) is 21.3. The van der Waals surface area contributed by atoms with Gasteiger partial charge in [-0.05, 0) is 56.6 Å². The minimum Gasteiger partial charge on any atom is -0.481 e. The molecule has 0 saturated heterocycles. The van der Waals surface area contributed by atoms with Gasteiger partial charge >= 0.3 is 5.97 Å². The van der Waals surface area contributed by atoms with Crippen LogP contribution < -0.4 is 0 Å². The molecule has 1 heterocycles. The first-order valence-electron chi connectivity index (χ1n) is 12.0. The van der Waals surface area contributed by atoms with Gasteiger partial charge in [-0.25, -0.2) is 0 Å². The van der Waals surface area contributed by atoms with Crippen LogP contribution in [0.25, 0.3) is 10.9 Å². The third-order valence-corrected chi connectivity index (χ3v) is 5.71. The molecule has 0 amide bonds. The van der Waals surface area contributed by atoms with E-state index in [9.17, 15) is 4.79 Å². The summed E-state index contributed by atoms with van der Waals surface area (Å²) in [6.07, 6.45) is 23.8. The number of aliphatic carboxylic acids is 1. The SMILES string of the molecule is O=C(O)CCCCCCCC=CCCCCCCCCc1cccc2cccnc12. The Hall–Kier alpha value is -2.16. The van der Waals surface area contributed by atoms with E-state index in [0.29, 0.717) is 6.42 Å². The number of hydrogen-bond acceptors (Lipinski definition) is 2. The van der Waals surface area contributed by atoms with Crippen LogP contribution in [0.3, 0.4) is 0 Å². The molecule has 3 heteroatoms. The van der Waals surface area contributed by atoms with E-state index in [2.05, 4.69) is 41.4 Å². The van der Waals surface area contributed by atoms with Crippen LogP contribution in [0.15, 0.2) is 48.7 Å². The Morgan fingerprint density at radius 3 is 2.07 bits per heavy atom. The smallest absolute Gasteiger partial charge is 0.303 e. The van der Waals surface area contributed by atoms with E-state index in [1.165, 1.54) is 80.7 Å². The van der Waals surface area contributed by atoms with Gasteiger partial charge in [0, 0.05) is 18.0 Å². The van der Waals surface area contributed by atoms with Crippen LogP contribution in [0.2, 0.25) is 0 Å². The third kappa shape index (κ3) is 10.6. The molecule has 0 fully saturated rings. The van der Waals surface area contributed by atoms with Gasteiger partial charge in [0.1, 0.15) is 0 Å². The molecule has 0 atom stereocenters. The Balaban J connectivity index is 1.38. The summed E-state index contributed by atoms with van der Waals surface area (Å²) in [5, 5.41) is 9.84. The van der Waals surface area contributed by atoms with Crippen LogP contribution in [0.1, 0.15) is 95.5 Å². The molecule has 2 aromatic rings. The molecular formula is C27H39NO2. The monoisotopic (exact) mass is 409 g/mol. The number of pyridine rings is 1. The summed E-state index contributed by atoms with van der Waals surface area (Å²) in [6.45, 7) is 0. The van der Waals surface area contributed by atoms with Gasteiger partial charge in [0.25, 0.3) is 0 Å². The minimum absolute atomic E-state index is 0.321. The van der Waals surface area contributed by atoms with Crippen molar-refractivity contribution < 1.29 is 9.90 Å². The fourth-order valence-corrected chi connectivity index (χ4v) is 3.96. The molecule has 0 saturated carbocycles. The van der Waals surface area contributed by atoms with Crippen LogP contribution in [-0.2, 0) is 11.2 Å². The summed E-state index contributed by atoms with van der Waals surface area (Å²) >= 11 is 0. The highest BCUT2D eigenvalue weighted by molar-refractivity contribution is 5.81. The maximum atomic E-state index is 10.4. The van der Waals surface area contributed by atoms with E-state index in [4.69, 9.17) is 5.11 Å². The van der Waals surface area contributed by atoms with E-state index in [-0.39, 0.29) is 0 Å². The number of hydrogen-bond donors (Lipinski definition) is 1. The van der Waals surface area contributed by atoms with Crippen molar-refractivity contribution in [1.29, 1.82) is 0 Å². The molecule has 0 aliphatic carbocycles. The first kappa shape index (κ1) is 24.1. The van der Waals surface area contributed by atoms with Gasteiger partial charge in [-0.2, -0.15) is 0 Å². The highest BCUT2D eigenvalue weighted by Gasteiger charge is 2.01. The molecule has 0 spiro atoms. The number of unbranched alkanes of at least 4 members (excludes halogenated alkanes) is 11. The largest absolute Gasteiger partial charge is 0.481 e. The summed E-state index contributed by atoms with van der Waals surface area (Å²) in [6, 6.07) is 10.7. The van der Waals surface area contributed by atoms with Gasteiger partial charge in [-0.1, -0.05) is 81.4 Å². The molecule has 2 rings (SSSR count). The predicted molar refractivity (Wildman–Crippen MR) is 127 cm³/mol. The number of carboxylic acid groups (broad SMARTS) is 1. The van der Waals surface area contributed by atoms with Crippen molar-refractivity contribution in [2.24, 2.45) is 0 Å². The molecule has 0 aliphatic rings. The second-order valence-corrected chi connectivity index (χ2v) is 8.32. The number of carbonyl (C=O) groups is 1. The Morgan fingerprint density at radius 2 is 1.37 bits per heavy atom. The van der Waals surface area contributed by atoms with E-state index in [1.807, 2.05) is 12.3 Å². The zero-order valence-electron chi connectivity index (χ0n) is 18.5. The fourth-order valence-electron chi connectivity index (χ4n) is 3.96. The molecule has 0 radical (unpaired) electrons. The van der Waals surface area contributed by atoms with E-state index >= 15 is 0 Å². The van der Waals surface area contributed by atoms with E-state index in [0.717, 1.165) is 25.7 Å². The highest BCUT2D eigenvalue weighted by Crippen LogP contribution is 2.19. The summed E-state index contributed by atoms with van der Waals surface area (Å²) in [5.74, 6) is -0.670. The van der Waals surface area contributed by atoms with Crippen molar-refractivity contribution in [1.82, 2.24) is 4.98 Å². The Kier molecular flexibility index (Phi) is 12.6. The number of aromatic nitrogens is 1. The van der Waals surface area contributed by atoms with Gasteiger partial charge in [-0.15, -0.1) is 0 Å². The Morgan fingerprint density at radius 1 is 0.767 bits per heavy atom. The molecule has 164 valence electrons. The molecular weight excluding hydrogens is 370 g/mol. The van der Waals surface area contributed by atoms with Crippen molar-refractivity contribution >= 4 is 16.9 Å². The lowest BCUT2D eigenvalue weighted by molar-refractivity contribution is -0.137. The first-order chi connectivity index (χ1) is 14.8. The number of para-hydroxylation sites is 1. The quantitative estimate of drug-likeness (QED) is 0.213. The number of fused-ring (bicyclic) bond motifs is 1. The zero-order valence-corrected chi connectivity index (χ0v) is 18.5.